The molecule has 1 aromatic heterocycles. The van der Waals surface area contributed by atoms with Gasteiger partial charge in [0, 0.05) is 16.3 Å². The lowest BCUT2D eigenvalue weighted by atomic mass is 9.96. The molecule has 1 N–H and O–H groups in total. The molecule has 1 saturated heterocycles. The van der Waals surface area contributed by atoms with Crippen molar-refractivity contribution in [1.82, 2.24) is 0 Å². The van der Waals surface area contributed by atoms with Gasteiger partial charge in [-0.05, 0) is 67.4 Å². The van der Waals surface area contributed by atoms with Crippen LogP contribution in [0.3, 0.4) is 0 Å². The number of aliphatic hydroxyl groups excluding tert-OH is 1. The van der Waals surface area contributed by atoms with Crippen LogP contribution in [0, 0.1) is 13.8 Å². The molecule has 3 aromatic rings. The van der Waals surface area contributed by atoms with Crippen molar-refractivity contribution >= 4 is 34.7 Å². The Labute approximate surface area is 184 Å². The molecule has 0 aliphatic carbocycles. The highest BCUT2D eigenvalue weighted by Gasteiger charge is 2.48. The van der Waals surface area contributed by atoms with Gasteiger partial charge in [0.2, 0.25) is 0 Å². The van der Waals surface area contributed by atoms with Gasteiger partial charge < -0.3 is 14.3 Å². The van der Waals surface area contributed by atoms with Crippen LogP contribution in [0.15, 0.2) is 64.8 Å². The summed E-state index contributed by atoms with van der Waals surface area (Å²) >= 11 is 6.27. The third-order valence-corrected chi connectivity index (χ3v) is 5.79. The highest BCUT2D eigenvalue weighted by Crippen LogP contribution is 2.43. The lowest BCUT2D eigenvalue weighted by Gasteiger charge is -2.24. The molecular formula is C24H20ClNO5. The molecule has 1 aliphatic heterocycles. The summed E-state index contributed by atoms with van der Waals surface area (Å²) in [4.78, 5) is 27.5. The molecule has 2 aromatic carbocycles. The highest BCUT2D eigenvalue weighted by molar-refractivity contribution is 6.51. The largest absolute Gasteiger partial charge is 0.507 e. The second-order valence-corrected chi connectivity index (χ2v) is 7.71. The van der Waals surface area contributed by atoms with Gasteiger partial charge in [0.1, 0.15) is 23.3 Å². The van der Waals surface area contributed by atoms with Crippen molar-refractivity contribution in [3.63, 3.8) is 0 Å². The van der Waals surface area contributed by atoms with E-state index in [1.54, 1.807) is 62.6 Å². The van der Waals surface area contributed by atoms with Gasteiger partial charge in [0.25, 0.3) is 11.7 Å². The Bertz CT molecular complexity index is 1210. The SMILES string of the molecule is COc1ccc(/C(O)=C2/C(=O)C(=O)N(c3ccc(C)c(Cl)c3)C2c2ccco2)c(C)c1. The Morgan fingerprint density at radius 3 is 2.48 bits per heavy atom. The minimum atomic E-state index is -0.935. The Morgan fingerprint density at radius 2 is 1.87 bits per heavy atom. The zero-order valence-corrected chi connectivity index (χ0v) is 17.9. The first-order valence-electron chi connectivity index (χ1n) is 9.59. The number of carbonyl (C=O) groups is 2. The van der Waals surface area contributed by atoms with Crippen LogP contribution in [0.4, 0.5) is 5.69 Å². The fraction of sp³-hybridized carbons (Fsp3) is 0.167. The van der Waals surface area contributed by atoms with Crippen LogP contribution in [-0.2, 0) is 9.59 Å². The van der Waals surface area contributed by atoms with Crippen molar-refractivity contribution in [3.05, 3.63) is 87.8 Å². The number of nitrogens with zero attached hydrogens (tertiary/aromatic N) is 1. The lowest BCUT2D eigenvalue weighted by Crippen LogP contribution is -2.29. The first-order chi connectivity index (χ1) is 14.8. The monoisotopic (exact) mass is 437 g/mol. The predicted octanol–water partition coefficient (Wildman–Crippen LogP) is 5.18. The van der Waals surface area contributed by atoms with E-state index in [0.29, 0.717) is 33.3 Å². The number of halogens is 1. The van der Waals surface area contributed by atoms with Crippen LogP contribution in [0.5, 0.6) is 5.75 Å². The summed E-state index contributed by atoms with van der Waals surface area (Å²) in [5.74, 6) is -0.879. The summed E-state index contributed by atoms with van der Waals surface area (Å²) in [6.45, 7) is 3.63. The van der Waals surface area contributed by atoms with E-state index in [9.17, 15) is 14.7 Å². The Morgan fingerprint density at radius 1 is 1.10 bits per heavy atom. The molecule has 1 unspecified atom stereocenters. The molecule has 2 heterocycles. The summed E-state index contributed by atoms with van der Waals surface area (Å²) < 4.78 is 10.8. The maximum absolute atomic E-state index is 13.1. The number of Topliss-reactive ketones (excluding diaryl/α,β-unsaturated/α-hetero) is 1. The van der Waals surface area contributed by atoms with Crippen LogP contribution in [0.1, 0.15) is 28.5 Å². The smallest absolute Gasteiger partial charge is 0.300 e. The number of anilines is 1. The van der Waals surface area contributed by atoms with E-state index in [1.165, 1.54) is 11.2 Å². The van der Waals surface area contributed by atoms with Crippen molar-refractivity contribution in [1.29, 1.82) is 0 Å². The number of aliphatic hydroxyl groups is 1. The molecule has 0 radical (unpaired) electrons. The molecule has 1 atom stereocenters. The number of hydrogen-bond acceptors (Lipinski definition) is 5. The van der Waals surface area contributed by atoms with Gasteiger partial charge in [-0.3, -0.25) is 14.5 Å². The summed E-state index contributed by atoms with van der Waals surface area (Å²) in [6.07, 6.45) is 1.45. The maximum Gasteiger partial charge on any atom is 0.300 e. The molecule has 4 rings (SSSR count). The lowest BCUT2D eigenvalue weighted by molar-refractivity contribution is -0.132. The van der Waals surface area contributed by atoms with Crippen LogP contribution in [0.2, 0.25) is 5.02 Å². The Kier molecular flexibility index (Phi) is 5.33. The molecule has 0 spiro atoms. The van der Waals surface area contributed by atoms with E-state index < -0.39 is 17.7 Å². The molecule has 31 heavy (non-hydrogen) atoms. The van der Waals surface area contributed by atoms with Crippen molar-refractivity contribution in [2.24, 2.45) is 0 Å². The summed E-state index contributed by atoms with van der Waals surface area (Å²) in [5, 5.41) is 11.6. The van der Waals surface area contributed by atoms with Gasteiger partial charge in [0.05, 0.1) is 18.9 Å². The minimum absolute atomic E-state index is 0.0510. The predicted molar refractivity (Wildman–Crippen MR) is 117 cm³/mol. The number of ketones is 1. The van der Waals surface area contributed by atoms with E-state index in [4.69, 9.17) is 20.8 Å². The van der Waals surface area contributed by atoms with Gasteiger partial charge in [-0.25, -0.2) is 0 Å². The molecule has 1 fully saturated rings. The quantitative estimate of drug-likeness (QED) is 0.345. The topological polar surface area (TPSA) is 80.0 Å². The highest BCUT2D eigenvalue weighted by atomic mass is 35.5. The van der Waals surface area contributed by atoms with Crippen LogP contribution in [0.25, 0.3) is 5.76 Å². The number of rotatable bonds is 4. The number of amides is 1. The third-order valence-electron chi connectivity index (χ3n) is 5.38. The van der Waals surface area contributed by atoms with Crippen molar-refractivity contribution < 1.29 is 23.8 Å². The number of furan rings is 1. The van der Waals surface area contributed by atoms with Crippen LogP contribution < -0.4 is 9.64 Å². The Balaban J connectivity index is 1.93. The van der Waals surface area contributed by atoms with Gasteiger partial charge in [0.15, 0.2) is 0 Å². The fourth-order valence-electron chi connectivity index (χ4n) is 3.72. The van der Waals surface area contributed by atoms with Gasteiger partial charge in [-0.1, -0.05) is 17.7 Å². The Hall–Kier alpha value is -3.51. The average Bonchev–Trinajstić information content (AvgIpc) is 3.37. The number of hydrogen-bond donors (Lipinski definition) is 1. The van der Waals surface area contributed by atoms with E-state index in [2.05, 4.69) is 0 Å². The molecule has 0 bridgehead atoms. The standard InChI is InChI=1S/C24H20ClNO5/c1-13-6-7-15(12-18(13)25)26-21(19-5-4-10-31-19)20(23(28)24(26)29)22(27)17-9-8-16(30-3)11-14(17)2/h4-12,21,27H,1-3H3/b22-20-. The number of benzene rings is 2. The van der Waals surface area contributed by atoms with E-state index in [0.717, 1.165) is 5.56 Å². The van der Waals surface area contributed by atoms with Gasteiger partial charge in [-0.15, -0.1) is 0 Å². The maximum atomic E-state index is 13.1. The number of ether oxygens (including phenoxy) is 1. The van der Waals surface area contributed by atoms with Crippen molar-refractivity contribution in [2.75, 3.05) is 12.0 Å². The molecular weight excluding hydrogens is 418 g/mol. The number of aryl methyl sites for hydroxylation is 2. The molecule has 0 saturated carbocycles. The van der Waals surface area contributed by atoms with E-state index in [1.807, 2.05) is 6.92 Å². The van der Waals surface area contributed by atoms with E-state index >= 15 is 0 Å². The molecule has 6 nitrogen and oxygen atoms in total. The summed E-state index contributed by atoms with van der Waals surface area (Å²) in [7, 11) is 1.55. The second kappa shape index (κ2) is 7.96. The van der Waals surface area contributed by atoms with Gasteiger partial charge >= 0.3 is 0 Å². The molecule has 158 valence electrons. The van der Waals surface area contributed by atoms with Crippen molar-refractivity contribution in [3.8, 4) is 5.75 Å². The first kappa shape index (κ1) is 20.8. The average molecular weight is 438 g/mol. The normalized spacial score (nSPS) is 17.9. The summed E-state index contributed by atoms with van der Waals surface area (Å²) in [6, 6.07) is 12.6. The summed E-state index contributed by atoms with van der Waals surface area (Å²) in [5.41, 5.74) is 2.34. The molecule has 1 amide bonds. The van der Waals surface area contributed by atoms with Gasteiger partial charge in [-0.2, -0.15) is 0 Å². The van der Waals surface area contributed by atoms with E-state index in [-0.39, 0.29) is 11.3 Å². The molecule has 7 heteroatoms. The van der Waals surface area contributed by atoms with Crippen LogP contribution in [-0.4, -0.2) is 23.9 Å². The number of carbonyl (C=O) groups excluding carboxylic acids is 2. The molecule has 1 aliphatic rings. The third kappa shape index (κ3) is 3.49. The zero-order valence-electron chi connectivity index (χ0n) is 17.2. The zero-order chi connectivity index (χ0) is 22.3. The minimum Gasteiger partial charge on any atom is -0.507 e. The number of methoxy groups -OCH3 is 1. The van der Waals surface area contributed by atoms with Crippen molar-refractivity contribution in [2.45, 2.75) is 19.9 Å². The first-order valence-corrected chi connectivity index (χ1v) is 9.97. The second-order valence-electron chi connectivity index (χ2n) is 7.30. The van der Waals surface area contributed by atoms with Crippen LogP contribution >= 0.6 is 11.6 Å². The fourth-order valence-corrected chi connectivity index (χ4v) is 3.90.